The number of ether oxygens (including phenoxy) is 1. The zero-order chi connectivity index (χ0) is 26.7. The van der Waals surface area contributed by atoms with Crippen molar-refractivity contribution in [3.63, 3.8) is 0 Å². The van der Waals surface area contributed by atoms with Crippen molar-refractivity contribution in [3.05, 3.63) is 71.0 Å². The molecule has 2 atom stereocenters. The van der Waals surface area contributed by atoms with Gasteiger partial charge in [0.2, 0.25) is 10.0 Å². The molecule has 8 nitrogen and oxygen atoms in total. The van der Waals surface area contributed by atoms with Gasteiger partial charge in [-0.05, 0) is 67.6 Å². The van der Waals surface area contributed by atoms with E-state index < -0.39 is 21.9 Å². The molecule has 196 valence electrons. The Labute approximate surface area is 221 Å². The highest BCUT2D eigenvalue weighted by Crippen LogP contribution is 2.27. The maximum atomic E-state index is 13.2. The Bertz CT molecular complexity index is 1490. The van der Waals surface area contributed by atoms with Gasteiger partial charge in [0.1, 0.15) is 0 Å². The molecule has 2 unspecified atom stereocenters. The van der Waals surface area contributed by atoms with Crippen molar-refractivity contribution in [2.24, 2.45) is 16.8 Å². The summed E-state index contributed by atoms with van der Waals surface area (Å²) < 4.78 is 35.6. The van der Waals surface area contributed by atoms with Crippen molar-refractivity contribution in [1.82, 2.24) is 8.87 Å². The summed E-state index contributed by atoms with van der Waals surface area (Å²) >= 11 is 1.28. The second-order valence-electron chi connectivity index (χ2n) is 9.40. The van der Waals surface area contributed by atoms with Gasteiger partial charge in [0.05, 0.1) is 27.3 Å². The molecule has 0 spiro atoms. The summed E-state index contributed by atoms with van der Waals surface area (Å²) in [6, 6.07) is 11.1. The van der Waals surface area contributed by atoms with Crippen LogP contribution in [0.15, 0.2) is 65.0 Å². The molecule has 4 rings (SSSR count). The molecule has 0 N–H and O–H groups in total. The lowest BCUT2D eigenvalue weighted by Crippen LogP contribution is -2.42. The minimum Gasteiger partial charge on any atom is -0.462 e. The van der Waals surface area contributed by atoms with Crippen LogP contribution in [-0.4, -0.2) is 48.9 Å². The third-order valence-electron chi connectivity index (χ3n) is 6.28. The van der Waals surface area contributed by atoms with Crippen molar-refractivity contribution in [3.8, 4) is 0 Å². The first-order chi connectivity index (χ1) is 17.6. The minimum atomic E-state index is -3.64. The van der Waals surface area contributed by atoms with Gasteiger partial charge in [0.15, 0.2) is 4.80 Å². The zero-order valence-electron chi connectivity index (χ0n) is 21.2. The summed E-state index contributed by atoms with van der Waals surface area (Å²) in [6.07, 6.45) is 2.71. The maximum absolute atomic E-state index is 13.2. The Balaban J connectivity index is 1.64. The number of fused-ring (bicyclic) bond motifs is 1. The number of carbonyl (C=O) groups excluding carboxylic acids is 2. The van der Waals surface area contributed by atoms with E-state index in [-0.39, 0.29) is 17.1 Å². The summed E-state index contributed by atoms with van der Waals surface area (Å²) in [5, 5.41) is 0. The third kappa shape index (κ3) is 5.76. The molecular formula is C27H31N3O5S2. The number of esters is 1. The van der Waals surface area contributed by atoms with Crippen LogP contribution in [0.4, 0.5) is 0 Å². The number of piperidine rings is 1. The highest BCUT2D eigenvalue weighted by Gasteiger charge is 2.31. The first kappa shape index (κ1) is 27.0. The first-order valence-electron chi connectivity index (χ1n) is 12.2. The Kier molecular flexibility index (Phi) is 8.11. The standard InChI is InChI=1S/C27H31N3O5S2/c1-5-13-30-23-12-9-21(26(32)35-6-2)15-24(23)36-27(30)28-25(31)20-7-10-22(11-8-20)37(33,34)29-16-18(3)14-19(4)17-29/h5,7-12,15,18-19H,1,6,13-14,16-17H2,2-4H3. The van der Waals surface area contributed by atoms with E-state index in [2.05, 4.69) is 25.4 Å². The number of aromatic nitrogens is 1. The van der Waals surface area contributed by atoms with Gasteiger partial charge in [0, 0.05) is 25.2 Å². The number of amides is 1. The van der Waals surface area contributed by atoms with Gasteiger partial charge in [-0.1, -0.05) is 31.3 Å². The molecule has 2 heterocycles. The molecule has 1 aliphatic rings. The van der Waals surface area contributed by atoms with E-state index in [4.69, 9.17) is 4.74 Å². The van der Waals surface area contributed by atoms with E-state index >= 15 is 0 Å². The van der Waals surface area contributed by atoms with Gasteiger partial charge in [0.25, 0.3) is 5.91 Å². The summed E-state index contributed by atoms with van der Waals surface area (Å²) in [5.41, 5.74) is 1.53. The Morgan fingerprint density at radius 1 is 1.11 bits per heavy atom. The van der Waals surface area contributed by atoms with Crippen molar-refractivity contribution in [2.45, 2.75) is 38.6 Å². The number of carbonyl (C=O) groups is 2. The lowest BCUT2D eigenvalue weighted by molar-refractivity contribution is 0.0526. The van der Waals surface area contributed by atoms with Gasteiger partial charge in [-0.15, -0.1) is 6.58 Å². The Hall–Kier alpha value is -3.08. The minimum absolute atomic E-state index is 0.167. The number of nitrogens with zero attached hydrogens (tertiary/aromatic N) is 3. The van der Waals surface area contributed by atoms with Gasteiger partial charge in [-0.25, -0.2) is 13.2 Å². The van der Waals surface area contributed by atoms with Crippen molar-refractivity contribution in [1.29, 1.82) is 0 Å². The van der Waals surface area contributed by atoms with Crippen LogP contribution in [0.1, 0.15) is 47.9 Å². The number of thiazole rings is 1. The van der Waals surface area contributed by atoms with E-state index in [1.54, 1.807) is 31.2 Å². The van der Waals surface area contributed by atoms with E-state index in [1.807, 2.05) is 4.57 Å². The fourth-order valence-electron chi connectivity index (χ4n) is 4.68. The van der Waals surface area contributed by atoms with Crippen LogP contribution >= 0.6 is 11.3 Å². The topological polar surface area (TPSA) is 98.0 Å². The van der Waals surface area contributed by atoms with E-state index in [9.17, 15) is 18.0 Å². The van der Waals surface area contributed by atoms with Crippen molar-refractivity contribution < 1.29 is 22.7 Å². The van der Waals surface area contributed by atoms with Crippen molar-refractivity contribution >= 4 is 43.5 Å². The predicted molar refractivity (Wildman–Crippen MR) is 144 cm³/mol. The van der Waals surface area contributed by atoms with Crippen LogP contribution in [0, 0.1) is 11.8 Å². The monoisotopic (exact) mass is 541 g/mol. The predicted octanol–water partition coefficient (Wildman–Crippen LogP) is 4.47. The number of rotatable bonds is 7. The number of sulfonamides is 1. The van der Waals surface area contributed by atoms with Gasteiger partial charge in [-0.3, -0.25) is 4.79 Å². The van der Waals surface area contributed by atoms with Crippen LogP contribution in [0.3, 0.4) is 0 Å². The van der Waals surface area contributed by atoms with Crippen LogP contribution in [0.2, 0.25) is 0 Å². The van der Waals surface area contributed by atoms with Gasteiger partial charge >= 0.3 is 5.97 Å². The summed E-state index contributed by atoms with van der Waals surface area (Å²) in [7, 11) is -3.64. The molecule has 1 aliphatic heterocycles. The quantitative estimate of drug-likeness (QED) is 0.325. The largest absolute Gasteiger partial charge is 0.462 e. The Morgan fingerprint density at radius 3 is 2.38 bits per heavy atom. The van der Waals surface area contributed by atoms with E-state index in [1.165, 1.54) is 39.9 Å². The number of benzene rings is 2. The molecule has 3 aromatic rings. The fraction of sp³-hybridized carbons (Fsp3) is 0.370. The second-order valence-corrected chi connectivity index (χ2v) is 12.3. The molecule has 0 saturated carbocycles. The summed E-state index contributed by atoms with van der Waals surface area (Å²) in [4.78, 5) is 30.1. The maximum Gasteiger partial charge on any atom is 0.338 e. The molecule has 2 aromatic carbocycles. The molecule has 0 aliphatic carbocycles. The van der Waals surface area contributed by atoms with Crippen LogP contribution < -0.4 is 4.80 Å². The molecule has 0 bridgehead atoms. The number of allylic oxidation sites excluding steroid dienone is 1. The molecule has 1 amide bonds. The zero-order valence-corrected chi connectivity index (χ0v) is 22.8. The van der Waals surface area contributed by atoms with E-state index in [0.717, 1.165) is 16.6 Å². The average Bonchev–Trinajstić information content (AvgIpc) is 3.20. The average molecular weight is 542 g/mol. The fourth-order valence-corrected chi connectivity index (χ4v) is 7.43. The molecular weight excluding hydrogens is 510 g/mol. The van der Waals surface area contributed by atoms with Crippen LogP contribution in [0.5, 0.6) is 0 Å². The summed E-state index contributed by atoms with van der Waals surface area (Å²) in [5.74, 6) is -0.296. The number of hydrogen-bond acceptors (Lipinski definition) is 6. The highest BCUT2D eigenvalue weighted by atomic mass is 32.2. The molecule has 10 heteroatoms. The molecule has 1 aromatic heterocycles. The Morgan fingerprint density at radius 2 is 1.76 bits per heavy atom. The SMILES string of the molecule is C=CCn1c(=NC(=O)c2ccc(S(=O)(=O)N3CC(C)CC(C)C3)cc2)sc2cc(C(=O)OCC)ccc21. The van der Waals surface area contributed by atoms with Crippen LogP contribution in [0.25, 0.3) is 10.2 Å². The normalized spacial score (nSPS) is 19.2. The second kappa shape index (κ2) is 11.1. The smallest absolute Gasteiger partial charge is 0.338 e. The van der Waals surface area contributed by atoms with Gasteiger partial charge in [-0.2, -0.15) is 9.30 Å². The molecule has 37 heavy (non-hydrogen) atoms. The molecule has 1 fully saturated rings. The molecule has 0 radical (unpaired) electrons. The van der Waals surface area contributed by atoms with Gasteiger partial charge < -0.3 is 9.30 Å². The number of hydrogen-bond donors (Lipinski definition) is 0. The lowest BCUT2D eigenvalue weighted by atomic mass is 9.94. The lowest BCUT2D eigenvalue weighted by Gasteiger charge is -2.34. The first-order valence-corrected chi connectivity index (χ1v) is 14.5. The van der Waals surface area contributed by atoms with E-state index in [0.29, 0.717) is 41.8 Å². The van der Waals surface area contributed by atoms with Crippen molar-refractivity contribution in [2.75, 3.05) is 19.7 Å². The van der Waals surface area contributed by atoms with Crippen LogP contribution in [-0.2, 0) is 21.3 Å². The third-order valence-corrected chi connectivity index (χ3v) is 9.16. The summed E-state index contributed by atoms with van der Waals surface area (Å²) in [6.45, 7) is 11.4. The molecule has 1 saturated heterocycles. The highest BCUT2D eigenvalue weighted by molar-refractivity contribution is 7.89.